The van der Waals surface area contributed by atoms with Gasteiger partial charge in [0.1, 0.15) is 0 Å². The van der Waals surface area contributed by atoms with Gasteiger partial charge in [-0.15, -0.1) is 0 Å². The Morgan fingerprint density at radius 1 is 1.05 bits per heavy atom. The number of hydrogen-bond donors (Lipinski definition) is 1. The molecule has 2 fully saturated rings. The third kappa shape index (κ3) is 5.57. The predicted octanol–water partition coefficient (Wildman–Crippen LogP) is 3.62. The molecular formula is C17H34N2S. The van der Waals surface area contributed by atoms with Crippen molar-refractivity contribution in [2.45, 2.75) is 52.4 Å². The van der Waals surface area contributed by atoms with Gasteiger partial charge in [-0.05, 0) is 49.4 Å². The highest BCUT2D eigenvalue weighted by Crippen LogP contribution is 2.37. The molecule has 1 saturated carbocycles. The number of nitrogens with one attached hydrogen (secondary N) is 1. The Hall–Kier alpha value is 0.270. The van der Waals surface area contributed by atoms with Crippen molar-refractivity contribution in [2.75, 3.05) is 44.2 Å². The van der Waals surface area contributed by atoms with Gasteiger partial charge < -0.3 is 10.2 Å². The molecule has 118 valence electrons. The molecule has 0 radical (unpaired) electrons. The lowest BCUT2D eigenvalue weighted by Crippen LogP contribution is -2.46. The summed E-state index contributed by atoms with van der Waals surface area (Å²) < 4.78 is 0. The van der Waals surface area contributed by atoms with E-state index in [0.717, 1.165) is 5.92 Å². The summed E-state index contributed by atoms with van der Waals surface area (Å²) in [7, 11) is 0. The molecule has 0 atom stereocenters. The number of nitrogens with zero attached hydrogens (tertiary/aromatic N) is 1. The molecule has 1 aliphatic heterocycles. The van der Waals surface area contributed by atoms with Gasteiger partial charge >= 0.3 is 0 Å². The SMILES string of the molecule is CC(C)CNCC1(CN2CCCSCC2)CCCCC1. The quantitative estimate of drug-likeness (QED) is 0.806. The van der Waals surface area contributed by atoms with Crippen LogP contribution in [0.2, 0.25) is 0 Å². The van der Waals surface area contributed by atoms with Crippen molar-refractivity contribution in [1.82, 2.24) is 10.2 Å². The van der Waals surface area contributed by atoms with Crippen LogP contribution in [0.25, 0.3) is 0 Å². The molecule has 1 saturated heterocycles. The van der Waals surface area contributed by atoms with Crippen molar-refractivity contribution < 1.29 is 0 Å². The van der Waals surface area contributed by atoms with Crippen LogP contribution in [0.1, 0.15) is 52.4 Å². The van der Waals surface area contributed by atoms with Crippen molar-refractivity contribution in [3.63, 3.8) is 0 Å². The summed E-state index contributed by atoms with van der Waals surface area (Å²) in [5.41, 5.74) is 0.572. The van der Waals surface area contributed by atoms with Gasteiger partial charge in [0.05, 0.1) is 0 Å². The predicted molar refractivity (Wildman–Crippen MR) is 91.6 cm³/mol. The van der Waals surface area contributed by atoms with E-state index in [1.54, 1.807) is 0 Å². The highest BCUT2D eigenvalue weighted by molar-refractivity contribution is 7.99. The summed E-state index contributed by atoms with van der Waals surface area (Å²) >= 11 is 2.14. The zero-order valence-electron chi connectivity index (χ0n) is 13.6. The Labute approximate surface area is 130 Å². The van der Waals surface area contributed by atoms with E-state index in [1.807, 2.05) is 0 Å². The first kappa shape index (κ1) is 16.6. The van der Waals surface area contributed by atoms with Crippen LogP contribution < -0.4 is 5.32 Å². The zero-order valence-corrected chi connectivity index (χ0v) is 14.4. The lowest BCUT2D eigenvalue weighted by Gasteiger charge is -2.41. The molecule has 0 bridgehead atoms. The van der Waals surface area contributed by atoms with Crippen LogP contribution in [0.3, 0.4) is 0 Å². The minimum absolute atomic E-state index is 0.572. The molecule has 0 aromatic heterocycles. The summed E-state index contributed by atoms with van der Waals surface area (Å²) in [6, 6.07) is 0. The summed E-state index contributed by atoms with van der Waals surface area (Å²) in [5, 5.41) is 3.77. The van der Waals surface area contributed by atoms with Gasteiger partial charge in [0.25, 0.3) is 0 Å². The molecule has 20 heavy (non-hydrogen) atoms. The second kappa shape index (κ2) is 8.65. The van der Waals surface area contributed by atoms with Gasteiger partial charge in [-0.25, -0.2) is 0 Å². The van der Waals surface area contributed by atoms with Crippen LogP contribution in [0.5, 0.6) is 0 Å². The van der Waals surface area contributed by atoms with Crippen LogP contribution in [0.4, 0.5) is 0 Å². The highest BCUT2D eigenvalue weighted by atomic mass is 32.2. The van der Waals surface area contributed by atoms with E-state index in [0.29, 0.717) is 5.41 Å². The molecular weight excluding hydrogens is 264 g/mol. The average Bonchev–Trinajstić information content (AvgIpc) is 2.68. The molecule has 0 amide bonds. The van der Waals surface area contributed by atoms with Crippen LogP contribution in [0.15, 0.2) is 0 Å². The van der Waals surface area contributed by atoms with Gasteiger partial charge in [0.15, 0.2) is 0 Å². The molecule has 0 unspecified atom stereocenters. The van der Waals surface area contributed by atoms with Crippen LogP contribution >= 0.6 is 11.8 Å². The fourth-order valence-corrected chi connectivity index (χ4v) is 4.67. The molecule has 1 N–H and O–H groups in total. The number of thioether (sulfide) groups is 1. The van der Waals surface area contributed by atoms with Gasteiger partial charge in [-0.1, -0.05) is 33.1 Å². The van der Waals surface area contributed by atoms with Gasteiger partial charge in [0, 0.05) is 25.4 Å². The maximum atomic E-state index is 3.77. The van der Waals surface area contributed by atoms with E-state index in [2.05, 4.69) is 35.8 Å². The van der Waals surface area contributed by atoms with Crippen molar-refractivity contribution in [3.05, 3.63) is 0 Å². The lowest BCUT2D eigenvalue weighted by atomic mass is 9.73. The molecule has 0 aromatic rings. The summed E-state index contributed by atoms with van der Waals surface area (Å²) in [6.07, 6.45) is 8.64. The minimum atomic E-state index is 0.572. The second-order valence-electron chi connectivity index (χ2n) is 7.33. The first-order valence-corrected chi connectivity index (χ1v) is 9.87. The maximum absolute atomic E-state index is 3.77. The van der Waals surface area contributed by atoms with E-state index in [-0.39, 0.29) is 0 Å². The second-order valence-corrected chi connectivity index (χ2v) is 8.55. The summed E-state index contributed by atoms with van der Waals surface area (Å²) in [4.78, 5) is 2.77. The molecule has 3 heteroatoms. The third-order valence-corrected chi connectivity index (χ3v) is 5.89. The Morgan fingerprint density at radius 2 is 1.85 bits per heavy atom. The lowest BCUT2D eigenvalue weighted by molar-refractivity contribution is 0.106. The molecule has 0 aromatic carbocycles. The summed E-state index contributed by atoms with van der Waals surface area (Å²) in [5.74, 6) is 3.48. The van der Waals surface area contributed by atoms with Gasteiger partial charge in [0.2, 0.25) is 0 Å². The van der Waals surface area contributed by atoms with Crippen molar-refractivity contribution in [2.24, 2.45) is 11.3 Å². The smallest absolute Gasteiger partial charge is 0.00726 e. The van der Waals surface area contributed by atoms with Gasteiger partial charge in [-0.3, -0.25) is 0 Å². The Balaban J connectivity index is 1.87. The first-order chi connectivity index (χ1) is 9.70. The largest absolute Gasteiger partial charge is 0.316 e. The Morgan fingerprint density at radius 3 is 2.60 bits per heavy atom. The molecule has 2 nitrogen and oxygen atoms in total. The standard InChI is InChI=1S/C17H34N2S/c1-16(2)13-18-14-17(7-4-3-5-8-17)15-19-9-6-11-20-12-10-19/h16,18H,3-15H2,1-2H3. The Bertz CT molecular complexity index is 254. The zero-order chi connectivity index (χ0) is 14.3. The van der Waals surface area contributed by atoms with E-state index < -0.39 is 0 Å². The fraction of sp³-hybridized carbons (Fsp3) is 1.00. The molecule has 2 rings (SSSR count). The van der Waals surface area contributed by atoms with Crippen LogP contribution in [-0.4, -0.2) is 49.1 Å². The minimum Gasteiger partial charge on any atom is -0.316 e. The number of rotatable bonds is 6. The first-order valence-electron chi connectivity index (χ1n) is 8.71. The maximum Gasteiger partial charge on any atom is 0.00726 e. The van der Waals surface area contributed by atoms with E-state index >= 15 is 0 Å². The third-order valence-electron chi connectivity index (χ3n) is 4.84. The normalized spacial score (nSPS) is 24.8. The molecule has 0 spiro atoms. The van der Waals surface area contributed by atoms with Crippen molar-refractivity contribution in [1.29, 1.82) is 0 Å². The monoisotopic (exact) mass is 298 g/mol. The summed E-state index contributed by atoms with van der Waals surface area (Å²) in [6.45, 7) is 11.0. The molecule has 2 aliphatic rings. The van der Waals surface area contributed by atoms with Crippen LogP contribution in [0, 0.1) is 11.3 Å². The van der Waals surface area contributed by atoms with Crippen LogP contribution in [-0.2, 0) is 0 Å². The Kier molecular flexibility index (Phi) is 7.20. The van der Waals surface area contributed by atoms with E-state index in [9.17, 15) is 0 Å². The topological polar surface area (TPSA) is 15.3 Å². The molecule has 1 heterocycles. The van der Waals surface area contributed by atoms with Crippen molar-refractivity contribution >= 4 is 11.8 Å². The van der Waals surface area contributed by atoms with Gasteiger partial charge in [-0.2, -0.15) is 11.8 Å². The molecule has 1 aliphatic carbocycles. The van der Waals surface area contributed by atoms with Crippen molar-refractivity contribution in [3.8, 4) is 0 Å². The highest BCUT2D eigenvalue weighted by Gasteiger charge is 2.33. The van der Waals surface area contributed by atoms with E-state index in [4.69, 9.17) is 0 Å². The fourth-order valence-electron chi connectivity index (χ4n) is 3.75. The average molecular weight is 299 g/mol. The number of hydrogen-bond acceptors (Lipinski definition) is 3. The van der Waals surface area contributed by atoms with E-state index in [1.165, 1.54) is 82.8 Å².